The first kappa shape index (κ1) is 14.9. The van der Waals surface area contributed by atoms with Gasteiger partial charge >= 0.3 is 0 Å². The average molecular weight is 322 g/mol. The molecule has 0 saturated carbocycles. The molecule has 0 radical (unpaired) electrons. The van der Waals surface area contributed by atoms with Gasteiger partial charge in [-0.05, 0) is 44.0 Å². The SMILES string of the molecule is C[C@@H](c1ccccc1)N1CCC[C@H](c2nc3ccccc3s2)C1. The van der Waals surface area contributed by atoms with Crippen molar-refractivity contribution in [3.8, 4) is 0 Å². The van der Waals surface area contributed by atoms with Crippen molar-refractivity contribution in [2.45, 2.75) is 31.7 Å². The van der Waals surface area contributed by atoms with E-state index >= 15 is 0 Å². The van der Waals surface area contributed by atoms with Gasteiger partial charge in [-0.15, -0.1) is 11.3 Å². The van der Waals surface area contributed by atoms with Crippen molar-refractivity contribution in [1.82, 2.24) is 9.88 Å². The third-order valence-electron chi connectivity index (χ3n) is 4.94. The first-order valence-electron chi connectivity index (χ1n) is 8.46. The number of benzene rings is 2. The molecule has 0 bridgehead atoms. The maximum atomic E-state index is 4.89. The number of piperidine rings is 1. The van der Waals surface area contributed by atoms with E-state index in [2.05, 4.69) is 66.4 Å². The van der Waals surface area contributed by atoms with E-state index in [4.69, 9.17) is 4.98 Å². The van der Waals surface area contributed by atoms with Gasteiger partial charge in [-0.1, -0.05) is 42.5 Å². The van der Waals surface area contributed by atoms with Crippen LogP contribution in [0.1, 0.15) is 42.3 Å². The van der Waals surface area contributed by atoms with Crippen LogP contribution in [0.4, 0.5) is 0 Å². The van der Waals surface area contributed by atoms with Gasteiger partial charge in [-0.3, -0.25) is 4.90 Å². The lowest BCUT2D eigenvalue weighted by molar-refractivity contribution is 0.158. The molecule has 2 atom stereocenters. The monoisotopic (exact) mass is 322 g/mol. The van der Waals surface area contributed by atoms with E-state index in [1.807, 2.05) is 11.3 Å². The van der Waals surface area contributed by atoms with Crippen LogP contribution < -0.4 is 0 Å². The molecule has 2 nitrogen and oxygen atoms in total. The number of likely N-dealkylation sites (tertiary alicyclic amines) is 1. The van der Waals surface area contributed by atoms with E-state index in [1.165, 1.54) is 34.7 Å². The highest BCUT2D eigenvalue weighted by Gasteiger charge is 2.27. The number of hydrogen-bond donors (Lipinski definition) is 0. The quantitative estimate of drug-likeness (QED) is 0.656. The summed E-state index contributed by atoms with van der Waals surface area (Å²) < 4.78 is 1.32. The minimum absolute atomic E-state index is 0.480. The van der Waals surface area contributed by atoms with E-state index in [1.54, 1.807) is 0 Å². The molecule has 3 aromatic rings. The van der Waals surface area contributed by atoms with Gasteiger partial charge in [0, 0.05) is 18.5 Å². The molecule has 118 valence electrons. The van der Waals surface area contributed by atoms with Crippen LogP contribution in [-0.4, -0.2) is 23.0 Å². The van der Waals surface area contributed by atoms with Crippen LogP contribution in [0.5, 0.6) is 0 Å². The molecule has 0 unspecified atom stereocenters. The summed E-state index contributed by atoms with van der Waals surface area (Å²) in [5.41, 5.74) is 2.57. The standard InChI is InChI=1S/C20H22N2S/c1-15(16-8-3-2-4-9-16)22-13-7-10-17(14-22)20-21-18-11-5-6-12-19(18)23-20/h2-6,8-9,11-12,15,17H,7,10,13-14H2,1H3/t15-,17-/m0/s1. The predicted octanol–water partition coefficient (Wildman–Crippen LogP) is 5.24. The van der Waals surface area contributed by atoms with Crippen molar-refractivity contribution in [2.75, 3.05) is 13.1 Å². The second kappa shape index (κ2) is 6.42. The molecule has 2 aromatic carbocycles. The second-order valence-corrected chi connectivity index (χ2v) is 7.50. The lowest BCUT2D eigenvalue weighted by Gasteiger charge is -2.36. The number of fused-ring (bicyclic) bond motifs is 1. The molecular weight excluding hydrogens is 300 g/mol. The number of para-hydroxylation sites is 1. The highest BCUT2D eigenvalue weighted by molar-refractivity contribution is 7.18. The summed E-state index contributed by atoms with van der Waals surface area (Å²) in [6.07, 6.45) is 2.52. The van der Waals surface area contributed by atoms with Gasteiger partial charge in [-0.2, -0.15) is 0 Å². The number of nitrogens with zero attached hydrogens (tertiary/aromatic N) is 2. The van der Waals surface area contributed by atoms with Gasteiger partial charge in [0.25, 0.3) is 0 Å². The van der Waals surface area contributed by atoms with Crippen LogP contribution in [0, 0.1) is 0 Å². The molecule has 23 heavy (non-hydrogen) atoms. The van der Waals surface area contributed by atoms with E-state index in [9.17, 15) is 0 Å². The Morgan fingerprint density at radius 3 is 2.70 bits per heavy atom. The Morgan fingerprint density at radius 2 is 1.87 bits per heavy atom. The van der Waals surface area contributed by atoms with Crippen LogP contribution in [0.3, 0.4) is 0 Å². The van der Waals surface area contributed by atoms with Crippen molar-refractivity contribution in [2.24, 2.45) is 0 Å². The van der Waals surface area contributed by atoms with E-state index in [0.29, 0.717) is 12.0 Å². The molecule has 0 amide bonds. The largest absolute Gasteiger partial charge is 0.296 e. The molecule has 0 N–H and O–H groups in total. The summed E-state index contributed by atoms with van der Waals surface area (Å²) in [6, 6.07) is 19.8. The summed E-state index contributed by atoms with van der Waals surface area (Å²) in [5.74, 6) is 0.576. The molecular formula is C20H22N2S. The Bertz CT molecular complexity index is 747. The Hall–Kier alpha value is -1.71. The fraction of sp³-hybridized carbons (Fsp3) is 0.350. The number of thiazole rings is 1. The van der Waals surface area contributed by atoms with Gasteiger partial charge in [0.15, 0.2) is 0 Å². The molecule has 3 heteroatoms. The van der Waals surface area contributed by atoms with Crippen molar-refractivity contribution in [3.63, 3.8) is 0 Å². The van der Waals surface area contributed by atoms with E-state index < -0.39 is 0 Å². The van der Waals surface area contributed by atoms with Gasteiger partial charge in [0.05, 0.1) is 15.2 Å². The van der Waals surface area contributed by atoms with Crippen LogP contribution >= 0.6 is 11.3 Å². The molecule has 1 aromatic heterocycles. The van der Waals surface area contributed by atoms with E-state index in [0.717, 1.165) is 12.1 Å². The molecule has 2 heterocycles. The normalized spacial score (nSPS) is 20.7. The average Bonchev–Trinajstić information content (AvgIpc) is 3.06. The van der Waals surface area contributed by atoms with Crippen LogP contribution in [0.15, 0.2) is 54.6 Å². The molecule has 4 rings (SSSR count). The van der Waals surface area contributed by atoms with Crippen LogP contribution in [0.25, 0.3) is 10.2 Å². The zero-order chi connectivity index (χ0) is 15.6. The van der Waals surface area contributed by atoms with Gasteiger partial charge in [0.2, 0.25) is 0 Å². The lowest BCUT2D eigenvalue weighted by atomic mass is 9.95. The number of aromatic nitrogens is 1. The van der Waals surface area contributed by atoms with Crippen molar-refractivity contribution < 1.29 is 0 Å². The number of rotatable bonds is 3. The van der Waals surface area contributed by atoms with Crippen molar-refractivity contribution in [3.05, 3.63) is 65.2 Å². The molecule has 0 spiro atoms. The minimum Gasteiger partial charge on any atom is -0.296 e. The van der Waals surface area contributed by atoms with Crippen molar-refractivity contribution >= 4 is 21.6 Å². The smallest absolute Gasteiger partial charge is 0.0982 e. The topological polar surface area (TPSA) is 16.1 Å². The molecule has 1 aliphatic heterocycles. The van der Waals surface area contributed by atoms with Crippen molar-refractivity contribution in [1.29, 1.82) is 0 Å². The lowest BCUT2D eigenvalue weighted by Crippen LogP contribution is -2.36. The summed E-state index contributed by atoms with van der Waals surface area (Å²) in [4.78, 5) is 7.52. The number of hydrogen-bond acceptors (Lipinski definition) is 3. The molecule has 0 aliphatic carbocycles. The zero-order valence-corrected chi connectivity index (χ0v) is 14.3. The van der Waals surface area contributed by atoms with Gasteiger partial charge < -0.3 is 0 Å². The second-order valence-electron chi connectivity index (χ2n) is 6.44. The summed E-state index contributed by atoms with van der Waals surface area (Å²) in [6.45, 7) is 4.64. The molecule has 1 aliphatic rings. The Kier molecular flexibility index (Phi) is 4.15. The fourth-order valence-corrected chi connectivity index (χ4v) is 4.66. The zero-order valence-electron chi connectivity index (χ0n) is 13.5. The summed E-state index contributed by atoms with van der Waals surface area (Å²) in [7, 11) is 0. The highest BCUT2D eigenvalue weighted by atomic mass is 32.1. The Morgan fingerprint density at radius 1 is 1.09 bits per heavy atom. The predicted molar refractivity (Wildman–Crippen MR) is 98.0 cm³/mol. The Labute approximate surface area is 141 Å². The first-order valence-corrected chi connectivity index (χ1v) is 9.27. The van der Waals surface area contributed by atoms with Gasteiger partial charge in [0.1, 0.15) is 0 Å². The third kappa shape index (κ3) is 3.04. The van der Waals surface area contributed by atoms with Crippen LogP contribution in [0.2, 0.25) is 0 Å². The molecule has 1 fully saturated rings. The third-order valence-corrected chi connectivity index (χ3v) is 6.14. The van der Waals surface area contributed by atoms with Crippen LogP contribution in [-0.2, 0) is 0 Å². The molecule has 1 saturated heterocycles. The fourth-order valence-electron chi connectivity index (χ4n) is 3.57. The Balaban J connectivity index is 1.54. The summed E-state index contributed by atoms with van der Waals surface area (Å²) in [5, 5.41) is 1.32. The van der Waals surface area contributed by atoms with Gasteiger partial charge in [-0.25, -0.2) is 4.98 Å². The highest BCUT2D eigenvalue weighted by Crippen LogP contribution is 2.35. The maximum absolute atomic E-state index is 4.89. The first-order chi connectivity index (χ1) is 11.3. The van der Waals surface area contributed by atoms with E-state index in [-0.39, 0.29) is 0 Å². The summed E-state index contributed by atoms with van der Waals surface area (Å²) >= 11 is 1.88. The minimum atomic E-state index is 0.480. The maximum Gasteiger partial charge on any atom is 0.0982 e.